The van der Waals surface area contributed by atoms with Crippen LogP contribution < -0.4 is 0 Å². The molecule has 0 spiro atoms. The summed E-state index contributed by atoms with van der Waals surface area (Å²) in [6.45, 7) is 8.19. The molecule has 1 unspecified atom stereocenters. The summed E-state index contributed by atoms with van der Waals surface area (Å²) in [6, 6.07) is 1.23. The molecule has 1 aliphatic heterocycles. The highest BCUT2D eigenvalue weighted by Crippen LogP contribution is 2.39. The summed E-state index contributed by atoms with van der Waals surface area (Å²) in [6.07, 6.45) is -7.38. The molecule has 0 bridgehead atoms. The SMILES string of the molecule is CCC(=CC(=O)C(C)(C)c1cc(C(F)(F)F)cc(C(F)(F)F)c1)CCC(C)C(=O)N1CCOCC1. The zero-order valence-electron chi connectivity index (χ0n) is 20.3. The van der Waals surface area contributed by atoms with Crippen LogP contribution in [0.5, 0.6) is 0 Å². The van der Waals surface area contributed by atoms with E-state index in [9.17, 15) is 35.9 Å². The zero-order chi connectivity index (χ0) is 26.6. The summed E-state index contributed by atoms with van der Waals surface area (Å²) in [5.74, 6) is -0.919. The van der Waals surface area contributed by atoms with Gasteiger partial charge >= 0.3 is 12.4 Å². The van der Waals surface area contributed by atoms with E-state index in [0.717, 1.165) is 0 Å². The van der Waals surface area contributed by atoms with E-state index >= 15 is 0 Å². The molecule has 1 saturated heterocycles. The van der Waals surface area contributed by atoms with Crippen molar-refractivity contribution in [2.45, 2.75) is 64.7 Å². The summed E-state index contributed by atoms with van der Waals surface area (Å²) < 4.78 is 84.8. The largest absolute Gasteiger partial charge is 0.416 e. The molecule has 0 aliphatic carbocycles. The van der Waals surface area contributed by atoms with Crippen LogP contribution in [0.15, 0.2) is 29.8 Å². The molecule has 196 valence electrons. The number of carbonyl (C=O) groups excluding carboxylic acids is 2. The van der Waals surface area contributed by atoms with Crippen LogP contribution in [0.3, 0.4) is 0 Å². The Morgan fingerprint density at radius 2 is 1.46 bits per heavy atom. The third-order valence-corrected chi connectivity index (χ3v) is 6.36. The fourth-order valence-electron chi connectivity index (χ4n) is 3.80. The standard InChI is InChI=1S/C25H31F6NO3/c1-5-17(7-6-16(2)22(34)32-8-10-35-11-9-32)12-21(33)23(3,4)18-13-19(24(26,27)28)15-20(14-18)25(29,30)31/h12-16H,5-11H2,1-4H3. The number of rotatable bonds is 8. The molecule has 10 heteroatoms. The van der Waals surface area contributed by atoms with Crippen molar-refractivity contribution in [3.05, 3.63) is 46.5 Å². The van der Waals surface area contributed by atoms with Crippen molar-refractivity contribution >= 4 is 11.7 Å². The van der Waals surface area contributed by atoms with E-state index in [-0.39, 0.29) is 23.5 Å². The molecule has 2 rings (SSSR count). The fourth-order valence-corrected chi connectivity index (χ4v) is 3.80. The number of ketones is 1. The molecule has 1 fully saturated rings. The average Bonchev–Trinajstić information content (AvgIpc) is 2.79. The number of amides is 1. The molecule has 35 heavy (non-hydrogen) atoms. The van der Waals surface area contributed by atoms with E-state index in [1.807, 2.05) is 0 Å². The van der Waals surface area contributed by atoms with E-state index < -0.39 is 34.7 Å². The molecular formula is C25H31F6NO3. The average molecular weight is 508 g/mol. The highest BCUT2D eigenvalue weighted by molar-refractivity contribution is 5.99. The third-order valence-electron chi connectivity index (χ3n) is 6.36. The molecule has 0 saturated carbocycles. The first kappa shape index (κ1) is 28.9. The Hall–Kier alpha value is -2.36. The van der Waals surface area contributed by atoms with Gasteiger partial charge in [0.1, 0.15) is 0 Å². The van der Waals surface area contributed by atoms with Gasteiger partial charge in [0.15, 0.2) is 5.78 Å². The summed E-state index contributed by atoms with van der Waals surface area (Å²) in [5.41, 5.74) is -4.24. The first-order valence-electron chi connectivity index (χ1n) is 11.5. The Bertz CT molecular complexity index is 911. The van der Waals surface area contributed by atoms with E-state index in [1.54, 1.807) is 18.7 Å². The normalized spacial score (nSPS) is 16.9. The number of allylic oxidation sites excluding steroid dienone is 2. The van der Waals surface area contributed by atoms with Gasteiger partial charge in [-0.1, -0.05) is 19.4 Å². The fraction of sp³-hybridized carbons (Fsp3) is 0.600. The number of hydrogen-bond acceptors (Lipinski definition) is 3. The second-order valence-corrected chi connectivity index (χ2v) is 9.32. The predicted molar refractivity (Wildman–Crippen MR) is 119 cm³/mol. The first-order valence-corrected chi connectivity index (χ1v) is 11.5. The highest BCUT2D eigenvalue weighted by atomic mass is 19.4. The number of nitrogens with zero attached hydrogens (tertiary/aromatic N) is 1. The van der Waals surface area contributed by atoms with Crippen molar-refractivity contribution in [2.24, 2.45) is 5.92 Å². The second kappa shape index (κ2) is 11.1. The van der Waals surface area contributed by atoms with Gasteiger partial charge in [-0.25, -0.2) is 0 Å². The Morgan fingerprint density at radius 1 is 0.971 bits per heavy atom. The van der Waals surface area contributed by atoms with Crippen molar-refractivity contribution < 1.29 is 40.7 Å². The van der Waals surface area contributed by atoms with Gasteiger partial charge in [0.25, 0.3) is 0 Å². The molecular weight excluding hydrogens is 476 g/mol. The minimum atomic E-state index is -5.00. The summed E-state index contributed by atoms with van der Waals surface area (Å²) in [5, 5.41) is 0. The van der Waals surface area contributed by atoms with Crippen LogP contribution in [-0.2, 0) is 32.1 Å². The number of hydrogen-bond donors (Lipinski definition) is 0. The maximum atomic E-state index is 13.3. The van der Waals surface area contributed by atoms with Crippen LogP contribution in [0.1, 0.15) is 63.6 Å². The monoisotopic (exact) mass is 507 g/mol. The summed E-state index contributed by atoms with van der Waals surface area (Å²) >= 11 is 0. The molecule has 1 atom stereocenters. The van der Waals surface area contributed by atoms with Gasteiger partial charge in [-0.15, -0.1) is 0 Å². The maximum absolute atomic E-state index is 13.3. The van der Waals surface area contributed by atoms with Crippen molar-refractivity contribution in [1.29, 1.82) is 0 Å². The van der Waals surface area contributed by atoms with Crippen molar-refractivity contribution in [1.82, 2.24) is 4.90 Å². The molecule has 1 aliphatic rings. The molecule has 1 aromatic carbocycles. The number of halogens is 6. The van der Waals surface area contributed by atoms with Gasteiger partial charge in [-0.3, -0.25) is 9.59 Å². The number of carbonyl (C=O) groups is 2. The smallest absolute Gasteiger partial charge is 0.378 e. The van der Waals surface area contributed by atoms with Crippen LogP contribution >= 0.6 is 0 Å². The van der Waals surface area contributed by atoms with E-state index in [2.05, 4.69) is 0 Å². The Labute approximate surface area is 201 Å². The van der Waals surface area contributed by atoms with Crippen LogP contribution in [0.25, 0.3) is 0 Å². The first-order chi connectivity index (χ1) is 16.1. The minimum Gasteiger partial charge on any atom is -0.378 e. The van der Waals surface area contributed by atoms with Crippen LogP contribution in [-0.4, -0.2) is 42.9 Å². The molecule has 1 amide bonds. The molecule has 4 nitrogen and oxygen atoms in total. The Kier molecular flexibility index (Phi) is 9.19. The third kappa shape index (κ3) is 7.56. The van der Waals surface area contributed by atoms with Gasteiger partial charge in [0.05, 0.1) is 29.8 Å². The number of ether oxygens (including phenoxy) is 1. The van der Waals surface area contributed by atoms with E-state index in [0.29, 0.717) is 63.3 Å². The van der Waals surface area contributed by atoms with E-state index in [1.165, 1.54) is 19.9 Å². The molecule has 1 heterocycles. The van der Waals surface area contributed by atoms with Gasteiger partial charge in [0, 0.05) is 19.0 Å². The van der Waals surface area contributed by atoms with Crippen LogP contribution in [0.2, 0.25) is 0 Å². The van der Waals surface area contributed by atoms with Gasteiger partial charge < -0.3 is 9.64 Å². The quantitative estimate of drug-likeness (QED) is 0.312. The lowest BCUT2D eigenvalue weighted by atomic mass is 9.78. The Morgan fingerprint density at radius 3 is 1.91 bits per heavy atom. The maximum Gasteiger partial charge on any atom is 0.416 e. The Balaban J connectivity index is 2.23. The van der Waals surface area contributed by atoms with Gasteiger partial charge in [-0.2, -0.15) is 26.3 Å². The highest BCUT2D eigenvalue weighted by Gasteiger charge is 2.39. The minimum absolute atomic E-state index is 0.0148. The molecule has 0 N–H and O–H groups in total. The lowest BCUT2D eigenvalue weighted by molar-refractivity contribution is -0.143. The predicted octanol–water partition coefficient (Wildman–Crippen LogP) is 6.18. The summed E-state index contributed by atoms with van der Waals surface area (Å²) in [7, 11) is 0. The second-order valence-electron chi connectivity index (χ2n) is 9.32. The lowest BCUT2D eigenvalue weighted by Crippen LogP contribution is -2.43. The van der Waals surface area contributed by atoms with Crippen LogP contribution in [0.4, 0.5) is 26.3 Å². The van der Waals surface area contributed by atoms with Gasteiger partial charge in [-0.05, 0) is 62.9 Å². The van der Waals surface area contributed by atoms with E-state index in [4.69, 9.17) is 4.74 Å². The van der Waals surface area contributed by atoms with Crippen molar-refractivity contribution in [3.8, 4) is 0 Å². The van der Waals surface area contributed by atoms with Crippen molar-refractivity contribution in [3.63, 3.8) is 0 Å². The number of benzene rings is 1. The van der Waals surface area contributed by atoms with Crippen LogP contribution in [0, 0.1) is 5.92 Å². The molecule has 1 aromatic rings. The summed E-state index contributed by atoms with van der Waals surface area (Å²) in [4.78, 5) is 27.4. The number of morpholine rings is 1. The lowest BCUT2D eigenvalue weighted by Gasteiger charge is -2.29. The van der Waals surface area contributed by atoms with Crippen molar-refractivity contribution in [2.75, 3.05) is 26.3 Å². The number of alkyl halides is 6. The zero-order valence-corrected chi connectivity index (χ0v) is 20.3. The topological polar surface area (TPSA) is 46.6 Å². The molecule has 0 aromatic heterocycles. The molecule has 0 radical (unpaired) electrons. The van der Waals surface area contributed by atoms with Gasteiger partial charge in [0.2, 0.25) is 5.91 Å².